The van der Waals surface area contributed by atoms with Crippen molar-refractivity contribution < 1.29 is 23.4 Å². The average molecular weight is 362 g/mol. The molecular weight excluding hydrogens is 339 g/mol. The molecule has 7 heteroatoms. The lowest BCUT2D eigenvalue weighted by atomic mass is 9.91. The summed E-state index contributed by atoms with van der Waals surface area (Å²) in [4.78, 5) is 14.3. The van der Waals surface area contributed by atoms with Crippen molar-refractivity contribution in [3.8, 4) is 5.75 Å². The number of halogens is 1. The van der Waals surface area contributed by atoms with Gasteiger partial charge in [0.2, 0.25) is 0 Å². The Morgan fingerprint density at radius 2 is 2.27 bits per heavy atom. The van der Waals surface area contributed by atoms with E-state index in [1.54, 1.807) is 18.6 Å². The molecule has 2 heterocycles. The summed E-state index contributed by atoms with van der Waals surface area (Å²) in [5.74, 6) is -0.251. The molecule has 1 saturated heterocycles. The molecule has 0 saturated carbocycles. The summed E-state index contributed by atoms with van der Waals surface area (Å²) in [6.45, 7) is 1.22. The molecule has 0 bridgehead atoms. The molecule has 3 rings (SSSR count). The summed E-state index contributed by atoms with van der Waals surface area (Å²) in [6.07, 6.45) is 4.21. The number of carbonyl (C=O) groups excluding carboxylic acids is 1. The van der Waals surface area contributed by atoms with Gasteiger partial charge in [-0.05, 0) is 37.1 Å². The molecule has 6 nitrogen and oxygen atoms in total. The van der Waals surface area contributed by atoms with E-state index in [1.165, 1.54) is 24.1 Å². The van der Waals surface area contributed by atoms with Crippen LogP contribution in [0.4, 0.5) is 4.39 Å². The van der Waals surface area contributed by atoms with Crippen LogP contribution in [0.3, 0.4) is 0 Å². The van der Waals surface area contributed by atoms with E-state index < -0.39 is 11.4 Å². The molecule has 1 aromatic carbocycles. The second-order valence-corrected chi connectivity index (χ2v) is 6.55. The Morgan fingerprint density at radius 1 is 1.42 bits per heavy atom. The van der Waals surface area contributed by atoms with Crippen LogP contribution in [0.5, 0.6) is 5.75 Å². The Balaban J connectivity index is 1.65. The molecule has 2 N–H and O–H groups in total. The van der Waals surface area contributed by atoms with Crippen molar-refractivity contribution in [2.45, 2.75) is 31.5 Å². The number of amides is 1. The highest BCUT2D eigenvalue weighted by Crippen LogP contribution is 2.26. The third-order valence-corrected chi connectivity index (χ3v) is 4.64. The Morgan fingerprint density at radius 3 is 3.00 bits per heavy atom. The van der Waals surface area contributed by atoms with Crippen LogP contribution in [-0.2, 0) is 17.9 Å². The largest absolute Gasteiger partial charge is 0.497 e. The molecule has 1 amide bonds. The Labute approximate surface area is 151 Å². The van der Waals surface area contributed by atoms with Gasteiger partial charge in [-0.1, -0.05) is 0 Å². The molecule has 2 aromatic rings. The van der Waals surface area contributed by atoms with Gasteiger partial charge in [0.15, 0.2) is 5.60 Å². The zero-order valence-corrected chi connectivity index (χ0v) is 14.7. The number of hydrogen-bond acceptors (Lipinski definition) is 5. The predicted molar refractivity (Wildman–Crippen MR) is 93.0 cm³/mol. The van der Waals surface area contributed by atoms with Crippen LogP contribution in [0.15, 0.2) is 41.2 Å². The number of ether oxygens (including phenoxy) is 1. The van der Waals surface area contributed by atoms with Gasteiger partial charge in [0, 0.05) is 37.3 Å². The minimum Gasteiger partial charge on any atom is -0.497 e. The van der Waals surface area contributed by atoms with Crippen LogP contribution in [-0.4, -0.2) is 41.7 Å². The third kappa shape index (κ3) is 4.05. The highest BCUT2D eigenvalue weighted by molar-refractivity contribution is 5.86. The van der Waals surface area contributed by atoms with Crippen molar-refractivity contribution in [3.05, 3.63) is 53.7 Å². The molecule has 1 fully saturated rings. The topological polar surface area (TPSA) is 74.9 Å². The number of furan rings is 1. The van der Waals surface area contributed by atoms with E-state index in [9.17, 15) is 14.3 Å². The van der Waals surface area contributed by atoms with Gasteiger partial charge in [-0.15, -0.1) is 0 Å². The highest BCUT2D eigenvalue weighted by Gasteiger charge is 2.41. The number of nitrogens with one attached hydrogen (secondary N) is 1. The molecule has 0 radical (unpaired) electrons. The van der Waals surface area contributed by atoms with Crippen LogP contribution in [0.2, 0.25) is 0 Å². The fourth-order valence-corrected chi connectivity index (χ4v) is 3.19. The summed E-state index contributed by atoms with van der Waals surface area (Å²) in [7, 11) is 1.51. The number of nitrogens with zero attached hydrogens (tertiary/aromatic N) is 1. The molecule has 1 aliphatic rings. The maximum atomic E-state index is 14.1. The average Bonchev–Trinajstić information content (AvgIpc) is 3.14. The SMILES string of the molecule is COc1ccc(F)c(CN2CCCC(O)(CNCc3ccoc3)C2=O)c1. The lowest BCUT2D eigenvalue weighted by molar-refractivity contribution is -0.157. The van der Waals surface area contributed by atoms with Crippen molar-refractivity contribution in [1.82, 2.24) is 10.2 Å². The normalized spacial score (nSPS) is 20.4. The fourth-order valence-electron chi connectivity index (χ4n) is 3.19. The molecule has 0 spiro atoms. The van der Waals surface area contributed by atoms with Crippen LogP contribution < -0.4 is 10.1 Å². The molecule has 1 aromatic heterocycles. The zero-order chi connectivity index (χ0) is 18.6. The van der Waals surface area contributed by atoms with Gasteiger partial charge in [-0.2, -0.15) is 0 Å². The summed E-state index contributed by atoms with van der Waals surface area (Å²) in [6, 6.07) is 6.25. The number of likely N-dealkylation sites (tertiary alicyclic amines) is 1. The Kier molecular flexibility index (Phi) is 5.58. The first-order valence-electron chi connectivity index (χ1n) is 8.58. The van der Waals surface area contributed by atoms with E-state index in [-0.39, 0.29) is 19.0 Å². The van der Waals surface area contributed by atoms with Crippen molar-refractivity contribution in [2.75, 3.05) is 20.2 Å². The minimum absolute atomic E-state index is 0.103. The van der Waals surface area contributed by atoms with E-state index in [0.29, 0.717) is 37.2 Å². The lowest BCUT2D eigenvalue weighted by Gasteiger charge is -2.38. The maximum Gasteiger partial charge on any atom is 0.256 e. The van der Waals surface area contributed by atoms with Gasteiger partial charge in [-0.3, -0.25) is 4.79 Å². The van der Waals surface area contributed by atoms with E-state index in [4.69, 9.17) is 9.15 Å². The van der Waals surface area contributed by atoms with Crippen LogP contribution in [0.25, 0.3) is 0 Å². The lowest BCUT2D eigenvalue weighted by Crippen LogP contribution is -2.57. The van der Waals surface area contributed by atoms with Gasteiger partial charge in [0.1, 0.15) is 11.6 Å². The molecule has 26 heavy (non-hydrogen) atoms. The van der Waals surface area contributed by atoms with E-state index in [1.807, 2.05) is 6.07 Å². The molecule has 1 aliphatic heterocycles. The quantitative estimate of drug-likeness (QED) is 0.789. The molecule has 0 aliphatic carbocycles. The highest BCUT2D eigenvalue weighted by atomic mass is 19.1. The first-order valence-corrected chi connectivity index (χ1v) is 8.58. The van der Waals surface area contributed by atoms with Gasteiger partial charge in [0.05, 0.1) is 19.6 Å². The number of aliphatic hydroxyl groups is 1. The summed E-state index contributed by atoms with van der Waals surface area (Å²) >= 11 is 0. The number of rotatable bonds is 7. The van der Waals surface area contributed by atoms with Gasteiger partial charge in [-0.25, -0.2) is 4.39 Å². The van der Waals surface area contributed by atoms with Gasteiger partial charge in [0.25, 0.3) is 5.91 Å². The van der Waals surface area contributed by atoms with E-state index in [2.05, 4.69) is 5.32 Å². The Bertz CT molecular complexity index is 750. The number of methoxy groups -OCH3 is 1. The first kappa shape index (κ1) is 18.4. The van der Waals surface area contributed by atoms with Crippen LogP contribution >= 0.6 is 0 Å². The summed E-state index contributed by atoms with van der Waals surface area (Å²) < 4.78 is 24.2. The van der Waals surface area contributed by atoms with E-state index >= 15 is 0 Å². The van der Waals surface area contributed by atoms with Crippen molar-refractivity contribution in [1.29, 1.82) is 0 Å². The molecule has 1 unspecified atom stereocenters. The molecule has 140 valence electrons. The second-order valence-electron chi connectivity index (χ2n) is 6.55. The van der Waals surface area contributed by atoms with Crippen LogP contribution in [0, 0.1) is 5.82 Å². The molecule has 1 atom stereocenters. The van der Waals surface area contributed by atoms with Crippen LogP contribution in [0.1, 0.15) is 24.0 Å². The number of piperidine rings is 1. The molecular formula is C19H23FN2O4. The van der Waals surface area contributed by atoms with Gasteiger partial charge >= 0.3 is 0 Å². The predicted octanol–water partition coefficient (Wildman–Crippen LogP) is 2.07. The first-order chi connectivity index (χ1) is 12.5. The monoisotopic (exact) mass is 362 g/mol. The standard InChI is InChI=1S/C19H23FN2O4/c1-25-16-3-4-17(20)15(9-16)11-22-7-2-6-19(24,18(22)23)13-21-10-14-5-8-26-12-14/h3-5,8-9,12,21,24H,2,6-7,10-11,13H2,1H3. The van der Waals surface area contributed by atoms with Crippen molar-refractivity contribution >= 4 is 5.91 Å². The fraction of sp³-hybridized carbons (Fsp3) is 0.421. The van der Waals surface area contributed by atoms with Gasteiger partial charge < -0.3 is 24.5 Å². The second kappa shape index (κ2) is 7.88. The number of hydrogen-bond donors (Lipinski definition) is 2. The number of carbonyl (C=O) groups is 1. The Hall–Kier alpha value is -2.38. The van der Waals surface area contributed by atoms with E-state index in [0.717, 1.165) is 5.56 Å². The third-order valence-electron chi connectivity index (χ3n) is 4.64. The zero-order valence-electron chi connectivity index (χ0n) is 14.7. The smallest absolute Gasteiger partial charge is 0.256 e. The summed E-state index contributed by atoms with van der Waals surface area (Å²) in [5.41, 5.74) is -0.183. The minimum atomic E-state index is -1.49. The van der Waals surface area contributed by atoms with Crippen molar-refractivity contribution in [2.24, 2.45) is 0 Å². The number of benzene rings is 1. The summed E-state index contributed by atoms with van der Waals surface area (Å²) in [5, 5.41) is 13.9. The van der Waals surface area contributed by atoms with Crippen molar-refractivity contribution in [3.63, 3.8) is 0 Å². The maximum absolute atomic E-state index is 14.1.